The average Bonchev–Trinajstić information content (AvgIpc) is 3.23. The molecule has 9 heteroatoms. The Balaban J connectivity index is 1.85. The highest BCUT2D eigenvalue weighted by Gasteiger charge is 2.22. The van der Waals surface area contributed by atoms with Crippen molar-refractivity contribution in [3.63, 3.8) is 0 Å². The van der Waals surface area contributed by atoms with Crippen LogP contribution >= 0.6 is 0 Å². The summed E-state index contributed by atoms with van der Waals surface area (Å²) in [4.78, 5) is 37.5. The molecule has 2 aromatic rings. The van der Waals surface area contributed by atoms with Crippen molar-refractivity contribution < 1.29 is 33.0 Å². The maximum absolute atomic E-state index is 12.3. The normalized spacial score (nSPS) is 10.1. The summed E-state index contributed by atoms with van der Waals surface area (Å²) in [6.07, 6.45) is 1.50. The molecular weight excluding hydrogens is 368 g/mol. The minimum Gasteiger partial charge on any atom is -0.496 e. The van der Waals surface area contributed by atoms with Gasteiger partial charge < -0.3 is 28.8 Å². The SMILES string of the molecule is COc1cccc(OC)c1C(=O)OCC(=O)N(C)CC(=O)NCc1ccco1. The lowest BCUT2D eigenvalue weighted by Crippen LogP contribution is -2.39. The fourth-order valence-corrected chi connectivity index (χ4v) is 2.32. The highest BCUT2D eigenvalue weighted by atomic mass is 16.5. The quantitative estimate of drug-likeness (QED) is 0.642. The third kappa shape index (κ3) is 5.50. The van der Waals surface area contributed by atoms with E-state index >= 15 is 0 Å². The number of furan rings is 1. The van der Waals surface area contributed by atoms with Gasteiger partial charge >= 0.3 is 5.97 Å². The lowest BCUT2D eigenvalue weighted by Gasteiger charge is -2.17. The second-order valence-corrected chi connectivity index (χ2v) is 5.72. The Bertz CT molecular complexity index is 795. The molecule has 0 bridgehead atoms. The van der Waals surface area contributed by atoms with E-state index in [-0.39, 0.29) is 36.1 Å². The van der Waals surface area contributed by atoms with Gasteiger partial charge in [0.25, 0.3) is 5.91 Å². The van der Waals surface area contributed by atoms with Crippen LogP contribution in [0.4, 0.5) is 0 Å². The molecule has 1 N–H and O–H groups in total. The molecule has 0 radical (unpaired) electrons. The summed E-state index contributed by atoms with van der Waals surface area (Å²) < 4.78 is 20.4. The summed E-state index contributed by atoms with van der Waals surface area (Å²) in [5.74, 6) is -0.536. The minimum absolute atomic E-state index is 0.0825. The number of hydrogen-bond donors (Lipinski definition) is 1. The van der Waals surface area contributed by atoms with E-state index in [1.165, 1.54) is 27.5 Å². The van der Waals surface area contributed by atoms with Crippen molar-refractivity contribution in [3.8, 4) is 11.5 Å². The predicted octanol–water partition coefficient (Wildman–Crippen LogP) is 1.23. The molecular formula is C19H22N2O7. The first-order valence-electron chi connectivity index (χ1n) is 8.37. The largest absolute Gasteiger partial charge is 0.496 e. The Hall–Kier alpha value is -3.49. The first-order chi connectivity index (χ1) is 13.5. The molecule has 0 unspecified atom stereocenters. The Morgan fingerprint density at radius 2 is 1.75 bits per heavy atom. The molecule has 0 spiro atoms. The van der Waals surface area contributed by atoms with Crippen molar-refractivity contribution in [3.05, 3.63) is 47.9 Å². The average molecular weight is 390 g/mol. The fourth-order valence-electron chi connectivity index (χ4n) is 2.32. The van der Waals surface area contributed by atoms with Gasteiger partial charge in [0.15, 0.2) is 6.61 Å². The fraction of sp³-hybridized carbons (Fsp3) is 0.316. The van der Waals surface area contributed by atoms with E-state index in [0.29, 0.717) is 5.76 Å². The summed E-state index contributed by atoms with van der Waals surface area (Å²) >= 11 is 0. The number of rotatable bonds is 9. The van der Waals surface area contributed by atoms with E-state index in [9.17, 15) is 14.4 Å². The number of likely N-dealkylation sites (N-methyl/N-ethyl adjacent to an activating group) is 1. The van der Waals surface area contributed by atoms with Crippen LogP contribution in [0.15, 0.2) is 41.0 Å². The van der Waals surface area contributed by atoms with E-state index in [1.54, 1.807) is 30.3 Å². The van der Waals surface area contributed by atoms with Crippen LogP contribution in [-0.2, 0) is 20.9 Å². The molecule has 0 atom stereocenters. The second-order valence-electron chi connectivity index (χ2n) is 5.72. The van der Waals surface area contributed by atoms with E-state index in [0.717, 1.165) is 4.90 Å². The van der Waals surface area contributed by atoms with Crippen LogP contribution in [-0.4, -0.2) is 57.1 Å². The van der Waals surface area contributed by atoms with Crippen molar-refractivity contribution in [2.75, 3.05) is 34.4 Å². The van der Waals surface area contributed by atoms with Crippen LogP contribution in [0.25, 0.3) is 0 Å². The molecule has 0 saturated heterocycles. The van der Waals surface area contributed by atoms with Crippen molar-refractivity contribution >= 4 is 17.8 Å². The highest BCUT2D eigenvalue weighted by molar-refractivity contribution is 5.97. The zero-order chi connectivity index (χ0) is 20.5. The number of carbonyl (C=O) groups is 3. The predicted molar refractivity (Wildman–Crippen MR) is 98.0 cm³/mol. The molecule has 0 aliphatic rings. The summed E-state index contributed by atoms with van der Waals surface area (Å²) in [6, 6.07) is 8.25. The molecule has 28 heavy (non-hydrogen) atoms. The highest BCUT2D eigenvalue weighted by Crippen LogP contribution is 2.28. The smallest absolute Gasteiger partial charge is 0.346 e. The summed E-state index contributed by atoms with van der Waals surface area (Å²) in [5, 5.41) is 2.62. The number of nitrogens with one attached hydrogen (secondary N) is 1. The molecule has 0 aliphatic carbocycles. The van der Waals surface area contributed by atoms with Gasteiger partial charge in [-0.15, -0.1) is 0 Å². The Labute approximate surface area is 162 Å². The monoisotopic (exact) mass is 390 g/mol. The first kappa shape index (κ1) is 20.8. The molecule has 0 fully saturated rings. The van der Waals surface area contributed by atoms with Crippen molar-refractivity contribution in [1.29, 1.82) is 0 Å². The standard InChI is InChI=1S/C19H22N2O7/c1-21(11-16(22)20-10-13-6-5-9-27-13)17(23)12-28-19(24)18-14(25-2)7-4-8-15(18)26-3/h4-9H,10-12H2,1-3H3,(H,20,22). The topological polar surface area (TPSA) is 107 Å². The number of ether oxygens (including phenoxy) is 3. The van der Waals surface area contributed by atoms with Crippen molar-refractivity contribution in [1.82, 2.24) is 10.2 Å². The molecule has 150 valence electrons. The zero-order valence-corrected chi connectivity index (χ0v) is 15.9. The number of esters is 1. The van der Waals surface area contributed by atoms with Crippen LogP contribution in [0.5, 0.6) is 11.5 Å². The van der Waals surface area contributed by atoms with Crippen LogP contribution in [0.3, 0.4) is 0 Å². The molecule has 1 aromatic heterocycles. The molecule has 2 rings (SSSR count). The number of hydrogen-bond acceptors (Lipinski definition) is 7. The van der Waals surface area contributed by atoms with Gasteiger partial charge in [-0.2, -0.15) is 0 Å². The van der Waals surface area contributed by atoms with E-state index < -0.39 is 18.5 Å². The second kappa shape index (κ2) is 10.0. The molecule has 1 aromatic carbocycles. The van der Waals surface area contributed by atoms with Crippen LogP contribution in [0, 0.1) is 0 Å². The number of benzene rings is 1. The van der Waals surface area contributed by atoms with Crippen molar-refractivity contribution in [2.45, 2.75) is 6.54 Å². The molecule has 0 aliphatic heterocycles. The van der Waals surface area contributed by atoms with Gasteiger partial charge in [0.2, 0.25) is 5.91 Å². The lowest BCUT2D eigenvalue weighted by atomic mass is 10.2. The molecule has 9 nitrogen and oxygen atoms in total. The Morgan fingerprint density at radius 1 is 1.07 bits per heavy atom. The van der Waals surface area contributed by atoms with Gasteiger partial charge in [0.1, 0.15) is 22.8 Å². The molecule has 2 amide bonds. The van der Waals surface area contributed by atoms with Gasteiger partial charge in [0, 0.05) is 7.05 Å². The summed E-state index contributed by atoms with van der Waals surface area (Å²) in [6.45, 7) is -0.493. The molecule has 0 saturated carbocycles. The zero-order valence-electron chi connectivity index (χ0n) is 15.9. The van der Waals surface area contributed by atoms with Gasteiger partial charge in [-0.25, -0.2) is 4.79 Å². The van der Waals surface area contributed by atoms with Crippen LogP contribution in [0.1, 0.15) is 16.1 Å². The maximum atomic E-state index is 12.3. The summed E-state index contributed by atoms with van der Waals surface area (Å²) in [5.41, 5.74) is 0.0825. The minimum atomic E-state index is -0.765. The number of amides is 2. The van der Waals surface area contributed by atoms with Gasteiger partial charge in [0.05, 0.1) is 33.6 Å². The van der Waals surface area contributed by atoms with Crippen LogP contribution in [0.2, 0.25) is 0 Å². The van der Waals surface area contributed by atoms with Crippen LogP contribution < -0.4 is 14.8 Å². The Morgan fingerprint density at radius 3 is 2.32 bits per heavy atom. The third-order valence-corrected chi connectivity index (χ3v) is 3.81. The van der Waals surface area contributed by atoms with E-state index in [1.807, 2.05) is 0 Å². The van der Waals surface area contributed by atoms with E-state index in [2.05, 4.69) is 5.32 Å². The number of methoxy groups -OCH3 is 2. The maximum Gasteiger partial charge on any atom is 0.346 e. The van der Waals surface area contributed by atoms with Crippen molar-refractivity contribution in [2.24, 2.45) is 0 Å². The van der Waals surface area contributed by atoms with Gasteiger partial charge in [-0.05, 0) is 24.3 Å². The van der Waals surface area contributed by atoms with Gasteiger partial charge in [-0.1, -0.05) is 6.07 Å². The number of carbonyl (C=O) groups excluding carboxylic acids is 3. The van der Waals surface area contributed by atoms with E-state index in [4.69, 9.17) is 18.6 Å². The molecule has 1 heterocycles. The lowest BCUT2D eigenvalue weighted by molar-refractivity contribution is -0.137. The van der Waals surface area contributed by atoms with Gasteiger partial charge in [-0.3, -0.25) is 9.59 Å². The Kier molecular flexibility index (Phi) is 7.44. The summed E-state index contributed by atoms with van der Waals surface area (Å²) in [7, 11) is 4.25. The first-order valence-corrected chi connectivity index (χ1v) is 8.37. The third-order valence-electron chi connectivity index (χ3n) is 3.81. The number of nitrogens with zero attached hydrogens (tertiary/aromatic N) is 1.